The first-order valence-corrected chi connectivity index (χ1v) is 9.49. The summed E-state index contributed by atoms with van der Waals surface area (Å²) in [4.78, 5) is 15.5. The first-order chi connectivity index (χ1) is 12.3. The van der Waals surface area contributed by atoms with Crippen LogP contribution in [0.1, 0.15) is 58.3 Å². The number of ether oxygens (including phenoxy) is 1. The van der Waals surface area contributed by atoms with E-state index in [9.17, 15) is 4.79 Å². The van der Waals surface area contributed by atoms with Gasteiger partial charge in [-0.15, -0.1) is 0 Å². The van der Waals surface area contributed by atoms with Crippen LogP contribution in [-0.4, -0.2) is 11.0 Å². The van der Waals surface area contributed by atoms with Crippen LogP contribution in [0.4, 0.5) is 0 Å². The number of H-pyrrole nitrogens is 1. The Hall–Kier alpha value is -2.29. The van der Waals surface area contributed by atoms with Crippen LogP contribution in [0.25, 0.3) is 21.8 Å². The van der Waals surface area contributed by atoms with Crippen LogP contribution in [0, 0.1) is 0 Å². The number of aromatic amines is 1. The maximum Gasteiger partial charge on any atom is 0.311 e. The molecule has 25 heavy (non-hydrogen) atoms. The molecular formula is C22H27NO2. The van der Waals surface area contributed by atoms with Gasteiger partial charge in [-0.3, -0.25) is 4.79 Å². The van der Waals surface area contributed by atoms with Crippen molar-refractivity contribution in [1.82, 2.24) is 4.98 Å². The Morgan fingerprint density at radius 1 is 0.880 bits per heavy atom. The van der Waals surface area contributed by atoms with Crippen molar-refractivity contribution in [3.8, 4) is 5.75 Å². The van der Waals surface area contributed by atoms with E-state index in [1.54, 1.807) is 0 Å². The van der Waals surface area contributed by atoms with Crippen molar-refractivity contribution in [2.24, 2.45) is 0 Å². The number of carbonyl (C=O) groups excluding carboxylic acids is 1. The maximum atomic E-state index is 12.2. The molecule has 132 valence electrons. The number of rotatable bonds is 9. The summed E-state index contributed by atoms with van der Waals surface area (Å²) in [7, 11) is 0. The van der Waals surface area contributed by atoms with Crippen molar-refractivity contribution < 1.29 is 9.53 Å². The fourth-order valence-electron chi connectivity index (χ4n) is 3.33. The van der Waals surface area contributed by atoms with E-state index in [1.165, 1.54) is 32.1 Å². The van der Waals surface area contributed by atoms with Crippen molar-refractivity contribution in [3.05, 3.63) is 42.5 Å². The van der Waals surface area contributed by atoms with Gasteiger partial charge in [-0.2, -0.15) is 0 Å². The molecule has 0 amide bonds. The van der Waals surface area contributed by atoms with Gasteiger partial charge in [-0.25, -0.2) is 0 Å². The van der Waals surface area contributed by atoms with Crippen LogP contribution in [0.5, 0.6) is 5.75 Å². The standard InChI is InChI=1S/C22H27NO2/c1-2-3-4-5-6-7-8-16-21(24)25-20-15-11-13-18-17-12-9-10-14-19(17)23-22(18)20/h9-15,23H,2-8,16H2,1H3. The summed E-state index contributed by atoms with van der Waals surface area (Å²) in [5.41, 5.74) is 1.96. The molecule has 1 N–H and O–H groups in total. The fourth-order valence-corrected chi connectivity index (χ4v) is 3.33. The van der Waals surface area contributed by atoms with E-state index in [0.717, 1.165) is 34.6 Å². The van der Waals surface area contributed by atoms with E-state index in [1.807, 2.05) is 30.3 Å². The summed E-state index contributed by atoms with van der Waals surface area (Å²) in [5.74, 6) is 0.487. The van der Waals surface area contributed by atoms with Crippen LogP contribution in [0.15, 0.2) is 42.5 Å². The zero-order valence-corrected chi connectivity index (χ0v) is 15.0. The minimum atomic E-state index is -0.139. The molecule has 3 nitrogen and oxygen atoms in total. The van der Waals surface area contributed by atoms with Crippen LogP contribution in [0.2, 0.25) is 0 Å². The molecule has 3 aromatic rings. The minimum absolute atomic E-state index is 0.139. The van der Waals surface area contributed by atoms with Gasteiger partial charge in [0.15, 0.2) is 5.75 Å². The number of nitrogens with one attached hydrogen (secondary N) is 1. The average Bonchev–Trinajstić information content (AvgIpc) is 3.01. The number of benzene rings is 2. The second-order valence-corrected chi connectivity index (χ2v) is 6.69. The number of unbranched alkanes of at least 4 members (excludes halogenated alkanes) is 6. The van der Waals surface area contributed by atoms with Gasteiger partial charge in [0, 0.05) is 22.7 Å². The molecule has 0 radical (unpaired) electrons. The third kappa shape index (κ3) is 4.41. The van der Waals surface area contributed by atoms with Crippen molar-refractivity contribution in [2.75, 3.05) is 0 Å². The lowest BCUT2D eigenvalue weighted by Gasteiger charge is -2.06. The second kappa shape index (κ2) is 8.70. The largest absolute Gasteiger partial charge is 0.424 e. The first-order valence-electron chi connectivity index (χ1n) is 9.49. The summed E-state index contributed by atoms with van der Waals surface area (Å²) in [6, 6.07) is 14.0. The Bertz CT molecular complexity index is 834. The highest BCUT2D eigenvalue weighted by Gasteiger charge is 2.11. The van der Waals surface area contributed by atoms with Crippen molar-refractivity contribution in [2.45, 2.75) is 58.3 Å². The summed E-state index contributed by atoms with van der Waals surface area (Å²) < 4.78 is 5.63. The number of hydrogen-bond donors (Lipinski definition) is 1. The normalized spacial score (nSPS) is 11.2. The fraction of sp³-hybridized carbons (Fsp3) is 0.409. The number of aromatic nitrogens is 1. The Morgan fingerprint density at radius 3 is 2.44 bits per heavy atom. The van der Waals surface area contributed by atoms with Crippen molar-refractivity contribution >= 4 is 27.8 Å². The molecule has 0 aliphatic carbocycles. The summed E-state index contributed by atoms with van der Waals surface area (Å²) in [6.07, 6.45) is 8.89. The summed E-state index contributed by atoms with van der Waals surface area (Å²) in [5, 5.41) is 2.25. The van der Waals surface area contributed by atoms with Crippen LogP contribution < -0.4 is 4.74 Å². The molecule has 1 aromatic heterocycles. The molecule has 3 rings (SSSR count). The molecule has 1 heterocycles. The Kier molecular flexibility index (Phi) is 6.10. The molecule has 3 heteroatoms. The molecular weight excluding hydrogens is 310 g/mol. The van der Waals surface area contributed by atoms with E-state index in [2.05, 4.69) is 24.0 Å². The van der Waals surface area contributed by atoms with Gasteiger partial charge in [-0.05, 0) is 18.6 Å². The van der Waals surface area contributed by atoms with E-state index in [-0.39, 0.29) is 5.97 Å². The number of carbonyl (C=O) groups is 1. The van der Waals surface area contributed by atoms with Crippen LogP contribution in [-0.2, 0) is 4.79 Å². The third-order valence-corrected chi connectivity index (χ3v) is 4.71. The number of fused-ring (bicyclic) bond motifs is 3. The van der Waals surface area contributed by atoms with Crippen molar-refractivity contribution in [3.63, 3.8) is 0 Å². The smallest absolute Gasteiger partial charge is 0.311 e. The lowest BCUT2D eigenvalue weighted by Crippen LogP contribution is -2.07. The summed E-state index contributed by atoms with van der Waals surface area (Å²) >= 11 is 0. The zero-order chi connectivity index (χ0) is 17.5. The lowest BCUT2D eigenvalue weighted by atomic mass is 10.1. The Morgan fingerprint density at radius 2 is 1.60 bits per heavy atom. The van der Waals surface area contributed by atoms with Gasteiger partial charge in [0.05, 0.1) is 5.52 Å². The third-order valence-electron chi connectivity index (χ3n) is 4.71. The summed E-state index contributed by atoms with van der Waals surface area (Å²) in [6.45, 7) is 2.23. The predicted molar refractivity (Wildman–Crippen MR) is 104 cm³/mol. The van der Waals surface area contributed by atoms with Gasteiger partial charge in [0.25, 0.3) is 0 Å². The van der Waals surface area contributed by atoms with Gasteiger partial charge in [-0.1, -0.05) is 75.8 Å². The molecule has 0 unspecified atom stereocenters. The lowest BCUT2D eigenvalue weighted by molar-refractivity contribution is -0.134. The quantitative estimate of drug-likeness (QED) is 0.280. The van der Waals surface area contributed by atoms with Gasteiger partial charge in [0.2, 0.25) is 0 Å². The monoisotopic (exact) mass is 337 g/mol. The van der Waals surface area contributed by atoms with E-state index in [4.69, 9.17) is 4.74 Å². The number of para-hydroxylation sites is 2. The first kappa shape index (κ1) is 17.5. The van der Waals surface area contributed by atoms with E-state index in [0.29, 0.717) is 12.2 Å². The van der Waals surface area contributed by atoms with E-state index < -0.39 is 0 Å². The predicted octanol–water partition coefficient (Wildman–Crippen LogP) is 6.37. The number of hydrogen-bond acceptors (Lipinski definition) is 2. The Labute approximate surface area is 149 Å². The zero-order valence-electron chi connectivity index (χ0n) is 15.0. The van der Waals surface area contributed by atoms with Gasteiger partial charge < -0.3 is 9.72 Å². The maximum absolute atomic E-state index is 12.2. The molecule has 2 aromatic carbocycles. The Balaban J connectivity index is 1.56. The van der Waals surface area contributed by atoms with Crippen LogP contribution >= 0.6 is 0 Å². The van der Waals surface area contributed by atoms with Gasteiger partial charge >= 0.3 is 5.97 Å². The molecule has 0 aliphatic rings. The minimum Gasteiger partial charge on any atom is -0.424 e. The highest BCUT2D eigenvalue weighted by Crippen LogP contribution is 2.31. The van der Waals surface area contributed by atoms with Crippen molar-refractivity contribution in [1.29, 1.82) is 0 Å². The second-order valence-electron chi connectivity index (χ2n) is 6.69. The molecule has 0 fully saturated rings. The SMILES string of the molecule is CCCCCCCCCC(=O)Oc1cccc2c1[nH]c1ccccc12. The van der Waals surface area contributed by atoms with E-state index >= 15 is 0 Å². The highest BCUT2D eigenvalue weighted by molar-refractivity contribution is 6.09. The van der Waals surface area contributed by atoms with Gasteiger partial charge in [0.1, 0.15) is 0 Å². The molecule has 0 atom stereocenters. The van der Waals surface area contributed by atoms with Crippen LogP contribution in [0.3, 0.4) is 0 Å². The highest BCUT2D eigenvalue weighted by atomic mass is 16.5. The average molecular weight is 337 g/mol. The molecule has 0 spiro atoms. The molecule has 0 saturated heterocycles. The topological polar surface area (TPSA) is 42.1 Å². The molecule has 0 saturated carbocycles. The molecule has 0 bridgehead atoms. The number of esters is 1. The molecule has 0 aliphatic heterocycles.